The predicted molar refractivity (Wildman–Crippen MR) is 138 cm³/mol. The second kappa shape index (κ2) is 12.8. The summed E-state index contributed by atoms with van der Waals surface area (Å²) in [4.78, 5) is 23.1. The summed E-state index contributed by atoms with van der Waals surface area (Å²) >= 11 is 6.19. The smallest absolute Gasteiger partial charge is 0.305 e. The van der Waals surface area contributed by atoms with Crippen LogP contribution in [0, 0.1) is 0 Å². The quantitative estimate of drug-likeness (QED) is 0.396. The molecule has 4 nitrogen and oxygen atoms in total. The second-order valence-electron chi connectivity index (χ2n) is 8.24. The summed E-state index contributed by atoms with van der Waals surface area (Å²) in [6, 6.07) is 15.7. The van der Waals surface area contributed by atoms with Crippen LogP contribution in [0.25, 0.3) is 0 Å². The Labute approximate surface area is 206 Å². The number of amides is 1. The van der Waals surface area contributed by atoms with E-state index in [1.807, 2.05) is 54.6 Å². The molecule has 0 fully saturated rings. The first kappa shape index (κ1) is 25.3. The van der Waals surface area contributed by atoms with Crippen LogP contribution in [0.1, 0.15) is 59.5 Å². The van der Waals surface area contributed by atoms with Crippen LogP contribution in [0.15, 0.2) is 96.6 Å². The van der Waals surface area contributed by atoms with Crippen molar-refractivity contribution in [2.75, 3.05) is 6.54 Å². The number of hydrogen-bond donors (Lipinski definition) is 2. The van der Waals surface area contributed by atoms with Crippen molar-refractivity contribution in [1.82, 2.24) is 5.32 Å². The van der Waals surface area contributed by atoms with Crippen LogP contribution in [0.5, 0.6) is 0 Å². The molecule has 0 saturated carbocycles. The molecule has 0 bridgehead atoms. The average molecular weight is 476 g/mol. The highest BCUT2D eigenvalue weighted by atomic mass is 35.5. The lowest BCUT2D eigenvalue weighted by molar-refractivity contribution is -0.136. The number of carboxylic acid groups (broad SMARTS) is 1. The number of aliphatic carboxylic acids is 1. The molecule has 0 heterocycles. The van der Waals surface area contributed by atoms with Gasteiger partial charge >= 0.3 is 5.97 Å². The van der Waals surface area contributed by atoms with Gasteiger partial charge < -0.3 is 10.4 Å². The number of nitrogens with one attached hydrogen (secondary N) is 1. The van der Waals surface area contributed by atoms with Crippen molar-refractivity contribution < 1.29 is 14.7 Å². The summed E-state index contributed by atoms with van der Waals surface area (Å²) in [5, 5.41) is 12.1. The van der Waals surface area contributed by atoms with Crippen molar-refractivity contribution in [3.63, 3.8) is 0 Å². The van der Waals surface area contributed by atoms with Gasteiger partial charge in [-0.2, -0.15) is 0 Å². The van der Waals surface area contributed by atoms with Crippen molar-refractivity contribution in [2.45, 2.75) is 38.0 Å². The molecular weight excluding hydrogens is 446 g/mol. The summed E-state index contributed by atoms with van der Waals surface area (Å²) in [7, 11) is 0. The number of rotatable bonds is 10. The molecular formula is C29H30ClNO3. The van der Waals surface area contributed by atoms with Gasteiger partial charge in [0.2, 0.25) is 0 Å². The minimum atomic E-state index is -0.936. The summed E-state index contributed by atoms with van der Waals surface area (Å²) in [5.41, 5.74) is 4.06. The van der Waals surface area contributed by atoms with Crippen LogP contribution in [0.3, 0.4) is 0 Å². The molecule has 1 amide bonds. The van der Waals surface area contributed by atoms with E-state index in [0.29, 0.717) is 10.6 Å². The van der Waals surface area contributed by atoms with Gasteiger partial charge in [-0.25, -0.2) is 0 Å². The summed E-state index contributed by atoms with van der Waals surface area (Å²) in [6.45, 7) is 2.29. The molecule has 2 aromatic carbocycles. The number of allylic oxidation sites excluding steroid dienone is 8. The number of hydrogen-bond acceptors (Lipinski definition) is 2. The van der Waals surface area contributed by atoms with E-state index >= 15 is 0 Å². The fraction of sp³-hybridized carbons (Fsp3) is 0.241. The molecule has 2 N–H and O–H groups in total. The van der Waals surface area contributed by atoms with Crippen molar-refractivity contribution in [1.29, 1.82) is 0 Å². The molecule has 176 valence electrons. The van der Waals surface area contributed by atoms with E-state index in [-0.39, 0.29) is 30.7 Å². The Morgan fingerprint density at radius 2 is 1.56 bits per heavy atom. The van der Waals surface area contributed by atoms with E-state index in [4.69, 9.17) is 16.7 Å². The van der Waals surface area contributed by atoms with Gasteiger partial charge in [0.1, 0.15) is 0 Å². The van der Waals surface area contributed by atoms with Crippen molar-refractivity contribution in [2.24, 2.45) is 0 Å². The van der Waals surface area contributed by atoms with Gasteiger partial charge in [0.05, 0.1) is 6.42 Å². The van der Waals surface area contributed by atoms with Crippen LogP contribution >= 0.6 is 11.6 Å². The van der Waals surface area contributed by atoms with Crippen LogP contribution in [-0.4, -0.2) is 23.5 Å². The number of carbonyl (C=O) groups is 2. The van der Waals surface area contributed by atoms with E-state index in [2.05, 4.69) is 48.7 Å². The van der Waals surface area contributed by atoms with Gasteiger partial charge in [-0.05, 0) is 53.3 Å². The highest BCUT2D eigenvalue weighted by Gasteiger charge is 2.27. The zero-order chi connectivity index (χ0) is 24.3. The molecule has 0 aliphatic heterocycles. The first-order valence-electron chi connectivity index (χ1n) is 11.6. The Balaban J connectivity index is 1.94. The molecule has 34 heavy (non-hydrogen) atoms. The first-order chi connectivity index (χ1) is 16.5. The summed E-state index contributed by atoms with van der Waals surface area (Å²) in [6.07, 6.45) is 16.4. The topological polar surface area (TPSA) is 66.4 Å². The van der Waals surface area contributed by atoms with Crippen LogP contribution in [0.2, 0.25) is 5.02 Å². The Morgan fingerprint density at radius 3 is 2.24 bits per heavy atom. The summed E-state index contributed by atoms with van der Waals surface area (Å²) in [5.74, 6) is -0.895. The van der Waals surface area contributed by atoms with Crippen LogP contribution < -0.4 is 5.32 Å². The fourth-order valence-corrected chi connectivity index (χ4v) is 4.35. The molecule has 0 saturated heterocycles. The normalized spacial score (nSPS) is 14.6. The van der Waals surface area contributed by atoms with Gasteiger partial charge in [-0.3, -0.25) is 9.59 Å². The number of carbonyl (C=O) groups excluding carboxylic acids is 1. The lowest BCUT2D eigenvalue weighted by atomic mass is 9.74. The third-order valence-corrected chi connectivity index (χ3v) is 6.09. The van der Waals surface area contributed by atoms with Gasteiger partial charge in [0.15, 0.2) is 0 Å². The van der Waals surface area contributed by atoms with E-state index in [0.717, 1.165) is 18.4 Å². The van der Waals surface area contributed by atoms with E-state index in [9.17, 15) is 9.59 Å². The molecule has 1 aliphatic carbocycles. The molecule has 0 aromatic heterocycles. The Morgan fingerprint density at radius 1 is 0.912 bits per heavy atom. The van der Waals surface area contributed by atoms with Gasteiger partial charge in [0, 0.05) is 23.0 Å². The largest absolute Gasteiger partial charge is 0.481 e. The third-order valence-electron chi connectivity index (χ3n) is 5.84. The zero-order valence-electron chi connectivity index (χ0n) is 19.3. The molecule has 1 aliphatic rings. The Bertz CT molecular complexity index is 1100. The standard InChI is InChI=1S/C29H30ClNO3/c1-2-8-26(21-11-13-24(14-12-21)29(34)31-20-19-27(32)33)28(23-15-17-25(30)18-16-23)22-9-6-4-3-5-7-10-22/h3-7,9-18,26,28H,2,8,19-20H2,1H3,(H,31,34)(H,32,33). The maximum atomic E-state index is 12.4. The molecule has 2 atom stereocenters. The number of benzene rings is 2. The molecule has 0 radical (unpaired) electrons. The average Bonchev–Trinajstić information content (AvgIpc) is 2.80. The molecule has 2 unspecified atom stereocenters. The minimum Gasteiger partial charge on any atom is -0.481 e. The maximum absolute atomic E-state index is 12.4. The number of halogens is 1. The molecule has 2 aromatic rings. The van der Waals surface area contributed by atoms with Gasteiger partial charge in [0.25, 0.3) is 5.91 Å². The molecule has 0 spiro atoms. The van der Waals surface area contributed by atoms with Gasteiger partial charge in [-0.1, -0.05) is 91.7 Å². The maximum Gasteiger partial charge on any atom is 0.305 e. The van der Waals surface area contributed by atoms with Crippen LogP contribution in [0.4, 0.5) is 0 Å². The van der Waals surface area contributed by atoms with Crippen molar-refractivity contribution >= 4 is 23.5 Å². The zero-order valence-corrected chi connectivity index (χ0v) is 20.0. The van der Waals surface area contributed by atoms with E-state index in [1.54, 1.807) is 0 Å². The molecule has 3 rings (SSSR count). The fourth-order valence-electron chi connectivity index (χ4n) is 4.22. The highest BCUT2D eigenvalue weighted by Crippen LogP contribution is 2.42. The van der Waals surface area contributed by atoms with Crippen LogP contribution in [-0.2, 0) is 4.79 Å². The second-order valence-corrected chi connectivity index (χ2v) is 8.68. The minimum absolute atomic E-state index is 0.0998. The summed E-state index contributed by atoms with van der Waals surface area (Å²) < 4.78 is 0. The Hall–Kier alpha value is -3.37. The third kappa shape index (κ3) is 7.06. The number of carboxylic acids is 1. The lowest BCUT2D eigenvalue weighted by Gasteiger charge is -2.30. The predicted octanol–water partition coefficient (Wildman–Crippen LogP) is 6.82. The van der Waals surface area contributed by atoms with Crippen molar-refractivity contribution in [3.8, 4) is 0 Å². The highest BCUT2D eigenvalue weighted by molar-refractivity contribution is 6.30. The van der Waals surface area contributed by atoms with E-state index < -0.39 is 5.97 Å². The first-order valence-corrected chi connectivity index (χ1v) is 11.9. The van der Waals surface area contributed by atoms with Crippen molar-refractivity contribution in [3.05, 3.63) is 118 Å². The SMILES string of the molecule is CCCC(c1ccc(C(=O)NCCC(=O)O)cc1)C(C1=CC=CC=CC=C1)c1ccc(Cl)cc1. The van der Waals surface area contributed by atoms with E-state index in [1.165, 1.54) is 11.1 Å². The van der Waals surface area contributed by atoms with Gasteiger partial charge in [-0.15, -0.1) is 0 Å². The molecule has 5 heteroatoms. The Kier molecular flexibility index (Phi) is 9.48. The monoisotopic (exact) mass is 475 g/mol. The lowest BCUT2D eigenvalue weighted by Crippen LogP contribution is -2.26.